The van der Waals surface area contributed by atoms with Crippen molar-refractivity contribution in [2.24, 2.45) is 5.92 Å². The number of nitrogens with zero attached hydrogens (tertiary/aromatic N) is 4. The van der Waals surface area contributed by atoms with E-state index < -0.39 is 0 Å². The molecule has 1 aliphatic heterocycles. The first-order valence-electron chi connectivity index (χ1n) is 7.88. The fourth-order valence-electron chi connectivity index (χ4n) is 2.84. The summed E-state index contributed by atoms with van der Waals surface area (Å²) in [5.74, 6) is 1.32. The van der Waals surface area contributed by atoms with E-state index in [9.17, 15) is 5.26 Å². The van der Waals surface area contributed by atoms with Gasteiger partial charge in [0.2, 0.25) is 0 Å². The molecule has 6 nitrogen and oxygen atoms in total. The van der Waals surface area contributed by atoms with Crippen LogP contribution in [0.2, 0.25) is 0 Å². The summed E-state index contributed by atoms with van der Waals surface area (Å²) in [7, 11) is 0. The van der Waals surface area contributed by atoms with Crippen LogP contribution in [0.5, 0.6) is 5.75 Å². The standard InChI is InChI=1S/C18H16N4O2/c19-8-15-7-16(9-22-18(15)20-12-21-22)14-1-3-17(4-2-14)24-11-13-5-6-23-10-13/h1-4,7,9,12-13H,5-6,10-11H2. The van der Waals surface area contributed by atoms with Crippen LogP contribution in [-0.4, -0.2) is 34.4 Å². The summed E-state index contributed by atoms with van der Waals surface area (Å²) in [6.07, 6.45) is 4.38. The van der Waals surface area contributed by atoms with Crippen LogP contribution in [-0.2, 0) is 4.74 Å². The maximum Gasteiger partial charge on any atom is 0.173 e. The highest BCUT2D eigenvalue weighted by Gasteiger charge is 2.16. The summed E-state index contributed by atoms with van der Waals surface area (Å²) < 4.78 is 12.8. The largest absolute Gasteiger partial charge is 0.493 e. The van der Waals surface area contributed by atoms with Crippen LogP contribution in [0.3, 0.4) is 0 Å². The van der Waals surface area contributed by atoms with E-state index in [-0.39, 0.29) is 0 Å². The van der Waals surface area contributed by atoms with Crippen molar-refractivity contribution < 1.29 is 9.47 Å². The number of rotatable bonds is 4. The summed E-state index contributed by atoms with van der Waals surface area (Å²) in [5.41, 5.74) is 2.99. The smallest absolute Gasteiger partial charge is 0.173 e. The van der Waals surface area contributed by atoms with Gasteiger partial charge in [-0.05, 0) is 30.2 Å². The van der Waals surface area contributed by atoms with Crippen LogP contribution in [0.25, 0.3) is 16.8 Å². The maximum atomic E-state index is 9.28. The zero-order chi connectivity index (χ0) is 16.4. The van der Waals surface area contributed by atoms with E-state index in [4.69, 9.17) is 9.47 Å². The Bertz CT molecular complexity index is 890. The molecular formula is C18H16N4O2. The Kier molecular flexibility index (Phi) is 3.85. The molecule has 1 saturated heterocycles. The summed E-state index contributed by atoms with van der Waals surface area (Å²) in [6.45, 7) is 2.30. The van der Waals surface area contributed by atoms with Crippen LogP contribution >= 0.6 is 0 Å². The van der Waals surface area contributed by atoms with Crippen LogP contribution in [0.4, 0.5) is 0 Å². The molecule has 2 aromatic heterocycles. The van der Waals surface area contributed by atoms with Gasteiger partial charge in [-0.2, -0.15) is 10.4 Å². The van der Waals surface area contributed by atoms with Gasteiger partial charge in [0.15, 0.2) is 5.65 Å². The van der Waals surface area contributed by atoms with Gasteiger partial charge >= 0.3 is 0 Å². The molecule has 0 N–H and O–H groups in total. The Hall–Kier alpha value is -2.91. The van der Waals surface area contributed by atoms with Gasteiger partial charge in [0.05, 0.1) is 18.8 Å². The molecule has 3 heterocycles. The third-order valence-corrected chi connectivity index (χ3v) is 4.19. The minimum atomic E-state index is 0.484. The third kappa shape index (κ3) is 2.82. The van der Waals surface area contributed by atoms with Crippen molar-refractivity contribution in [3.8, 4) is 22.9 Å². The molecule has 3 aromatic rings. The highest BCUT2D eigenvalue weighted by molar-refractivity contribution is 5.69. The molecular weight excluding hydrogens is 304 g/mol. The fraction of sp³-hybridized carbons (Fsp3) is 0.278. The Morgan fingerprint density at radius 3 is 2.92 bits per heavy atom. The molecule has 4 rings (SSSR count). The number of aromatic nitrogens is 3. The van der Waals surface area contributed by atoms with Gasteiger partial charge in [-0.25, -0.2) is 9.50 Å². The van der Waals surface area contributed by atoms with Gasteiger partial charge in [-0.3, -0.25) is 0 Å². The summed E-state index contributed by atoms with van der Waals surface area (Å²) in [6, 6.07) is 11.9. The van der Waals surface area contributed by atoms with E-state index in [0.29, 0.717) is 23.7 Å². The summed E-state index contributed by atoms with van der Waals surface area (Å²) >= 11 is 0. The molecule has 0 spiro atoms. The summed E-state index contributed by atoms with van der Waals surface area (Å²) in [5, 5.41) is 13.4. The molecule has 1 atom stereocenters. The second-order valence-corrected chi connectivity index (χ2v) is 5.85. The number of pyridine rings is 1. The molecule has 0 amide bonds. The molecule has 6 heteroatoms. The molecule has 120 valence electrons. The van der Waals surface area contributed by atoms with Gasteiger partial charge in [0.25, 0.3) is 0 Å². The predicted octanol–water partition coefficient (Wildman–Crippen LogP) is 2.68. The lowest BCUT2D eigenvalue weighted by molar-refractivity contribution is 0.167. The van der Waals surface area contributed by atoms with Crippen LogP contribution in [0, 0.1) is 17.2 Å². The Morgan fingerprint density at radius 2 is 2.17 bits per heavy atom. The van der Waals surface area contributed by atoms with E-state index in [2.05, 4.69) is 16.2 Å². The minimum absolute atomic E-state index is 0.484. The SMILES string of the molecule is N#Cc1cc(-c2ccc(OCC3CCOC3)cc2)cn2ncnc12. The summed E-state index contributed by atoms with van der Waals surface area (Å²) in [4.78, 5) is 4.10. The lowest BCUT2D eigenvalue weighted by Crippen LogP contribution is -2.11. The quantitative estimate of drug-likeness (QED) is 0.739. The zero-order valence-electron chi connectivity index (χ0n) is 13.1. The molecule has 1 fully saturated rings. The van der Waals surface area contributed by atoms with Crippen molar-refractivity contribution in [3.05, 3.63) is 48.4 Å². The van der Waals surface area contributed by atoms with Crippen LogP contribution in [0.15, 0.2) is 42.9 Å². The zero-order valence-corrected chi connectivity index (χ0v) is 13.1. The van der Waals surface area contributed by atoms with Gasteiger partial charge < -0.3 is 9.47 Å². The second-order valence-electron chi connectivity index (χ2n) is 5.85. The Morgan fingerprint density at radius 1 is 1.29 bits per heavy atom. The predicted molar refractivity (Wildman–Crippen MR) is 87.6 cm³/mol. The first kappa shape index (κ1) is 14.7. The third-order valence-electron chi connectivity index (χ3n) is 4.19. The van der Waals surface area contributed by atoms with E-state index in [1.54, 1.807) is 4.52 Å². The molecule has 1 unspecified atom stereocenters. The number of ether oxygens (including phenoxy) is 2. The monoisotopic (exact) mass is 320 g/mol. The van der Waals surface area contributed by atoms with E-state index >= 15 is 0 Å². The average Bonchev–Trinajstić information content (AvgIpc) is 3.31. The Labute approximate surface area is 139 Å². The van der Waals surface area contributed by atoms with Crippen molar-refractivity contribution in [2.75, 3.05) is 19.8 Å². The van der Waals surface area contributed by atoms with Crippen molar-refractivity contribution in [1.29, 1.82) is 5.26 Å². The average molecular weight is 320 g/mol. The number of fused-ring (bicyclic) bond motifs is 1. The van der Waals surface area contributed by atoms with Gasteiger partial charge in [-0.1, -0.05) is 12.1 Å². The number of benzene rings is 1. The molecule has 24 heavy (non-hydrogen) atoms. The second kappa shape index (κ2) is 6.30. The van der Waals surface area contributed by atoms with E-state index in [1.165, 1.54) is 6.33 Å². The first-order valence-corrected chi connectivity index (χ1v) is 7.88. The molecule has 0 saturated carbocycles. The molecule has 1 aromatic carbocycles. The van der Waals surface area contributed by atoms with E-state index in [1.807, 2.05) is 36.5 Å². The Balaban J connectivity index is 1.55. The van der Waals surface area contributed by atoms with Crippen molar-refractivity contribution in [1.82, 2.24) is 14.6 Å². The van der Waals surface area contributed by atoms with Gasteiger partial charge in [-0.15, -0.1) is 0 Å². The normalized spacial score (nSPS) is 17.0. The lowest BCUT2D eigenvalue weighted by Gasteiger charge is -2.11. The highest BCUT2D eigenvalue weighted by Crippen LogP contribution is 2.25. The van der Waals surface area contributed by atoms with Gasteiger partial charge in [0.1, 0.15) is 18.1 Å². The number of hydrogen-bond acceptors (Lipinski definition) is 5. The van der Waals surface area contributed by atoms with Crippen molar-refractivity contribution >= 4 is 5.65 Å². The molecule has 0 aliphatic carbocycles. The topological polar surface area (TPSA) is 72.4 Å². The lowest BCUT2D eigenvalue weighted by atomic mass is 10.1. The number of nitriles is 1. The van der Waals surface area contributed by atoms with Crippen LogP contribution < -0.4 is 4.74 Å². The fourth-order valence-corrected chi connectivity index (χ4v) is 2.84. The molecule has 0 radical (unpaired) electrons. The molecule has 1 aliphatic rings. The first-order chi connectivity index (χ1) is 11.8. The molecule has 0 bridgehead atoms. The van der Waals surface area contributed by atoms with Crippen molar-refractivity contribution in [3.63, 3.8) is 0 Å². The minimum Gasteiger partial charge on any atom is -0.493 e. The number of hydrogen-bond donors (Lipinski definition) is 0. The highest BCUT2D eigenvalue weighted by atomic mass is 16.5. The maximum absolute atomic E-state index is 9.28. The van der Waals surface area contributed by atoms with Crippen molar-refractivity contribution in [2.45, 2.75) is 6.42 Å². The van der Waals surface area contributed by atoms with Crippen LogP contribution in [0.1, 0.15) is 12.0 Å². The van der Waals surface area contributed by atoms with Gasteiger partial charge in [0, 0.05) is 24.3 Å². The van der Waals surface area contributed by atoms with E-state index in [0.717, 1.165) is 36.5 Å².